The molecule has 0 aromatic heterocycles. The van der Waals surface area contributed by atoms with Gasteiger partial charge in [-0.05, 0) is 44.9 Å². The van der Waals surface area contributed by atoms with Crippen molar-refractivity contribution < 1.29 is 14.6 Å². The Morgan fingerprint density at radius 3 is 2.60 bits per heavy atom. The fraction of sp³-hybridized carbons (Fsp3) is 0.533. The van der Waals surface area contributed by atoms with Crippen molar-refractivity contribution in [1.29, 1.82) is 0 Å². The molecule has 1 saturated heterocycles. The van der Waals surface area contributed by atoms with E-state index in [1.54, 1.807) is 31.2 Å². The third-order valence-electron chi connectivity index (χ3n) is 3.94. The fourth-order valence-corrected chi connectivity index (χ4v) is 2.27. The number of benzene rings is 1. The molecule has 5 nitrogen and oxygen atoms in total. The number of carbonyl (C=O) groups is 1. The summed E-state index contributed by atoms with van der Waals surface area (Å²) in [5.41, 5.74) is 1.19. The summed E-state index contributed by atoms with van der Waals surface area (Å²) in [4.78, 5) is 12.0. The van der Waals surface area contributed by atoms with Gasteiger partial charge < -0.3 is 20.5 Å². The van der Waals surface area contributed by atoms with Gasteiger partial charge in [-0.1, -0.05) is 12.1 Å². The van der Waals surface area contributed by atoms with Crippen LogP contribution in [-0.4, -0.2) is 29.4 Å². The van der Waals surface area contributed by atoms with E-state index in [4.69, 9.17) is 4.74 Å². The molecule has 1 aromatic rings. The van der Waals surface area contributed by atoms with Crippen LogP contribution < -0.4 is 10.6 Å². The highest BCUT2D eigenvalue weighted by atomic mass is 16.5. The van der Waals surface area contributed by atoms with E-state index in [-0.39, 0.29) is 17.7 Å². The number of ether oxygens (including phenoxy) is 1. The molecule has 0 radical (unpaired) electrons. The Hall–Kier alpha value is -1.59. The molecule has 1 aliphatic heterocycles. The lowest BCUT2D eigenvalue weighted by atomic mass is 9.95. The van der Waals surface area contributed by atoms with Crippen LogP contribution in [0.1, 0.15) is 38.9 Å². The Labute approximate surface area is 119 Å². The van der Waals surface area contributed by atoms with Crippen molar-refractivity contribution in [2.75, 3.05) is 11.9 Å². The molecule has 3 N–H and O–H groups in total. The molecule has 5 heteroatoms. The van der Waals surface area contributed by atoms with Gasteiger partial charge in [0.1, 0.15) is 0 Å². The van der Waals surface area contributed by atoms with Crippen LogP contribution in [0, 0.1) is 0 Å². The van der Waals surface area contributed by atoms with Crippen LogP contribution in [0.5, 0.6) is 0 Å². The summed E-state index contributed by atoms with van der Waals surface area (Å²) < 4.78 is 5.49. The van der Waals surface area contributed by atoms with E-state index in [9.17, 15) is 9.90 Å². The number of amides is 2. The highest BCUT2D eigenvalue weighted by molar-refractivity contribution is 5.89. The van der Waals surface area contributed by atoms with Crippen LogP contribution >= 0.6 is 0 Å². The first-order valence-corrected chi connectivity index (χ1v) is 6.89. The van der Waals surface area contributed by atoms with E-state index in [2.05, 4.69) is 10.6 Å². The van der Waals surface area contributed by atoms with Crippen molar-refractivity contribution in [2.45, 2.75) is 44.9 Å². The Kier molecular flexibility index (Phi) is 4.30. The van der Waals surface area contributed by atoms with Gasteiger partial charge in [-0.15, -0.1) is 0 Å². The lowest BCUT2D eigenvalue weighted by Crippen LogP contribution is -2.52. The maximum Gasteiger partial charge on any atom is 0.319 e. The average molecular weight is 278 g/mol. The molecule has 1 aliphatic rings. The van der Waals surface area contributed by atoms with E-state index >= 15 is 0 Å². The first-order chi connectivity index (χ1) is 9.40. The first kappa shape index (κ1) is 14.8. The van der Waals surface area contributed by atoms with E-state index in [0.29, 0.717) is 12.3 Å². The Morgan fingerprint density at radius 1 is 1.45 bits per heavy atom. The SMILES string of the molecule is CC(O)c1ccc(NC(=O)NC2(C)CCOC2C)cc1. The molecule has 2 rings (SSSR count). The van der Waals surface area contributed by atoms with E-state index < -0.39 is 6.10 Å². The Morgan fingerprint density at radius 2 is 2.10 bits per heavy atom. The number of hydrogen-bond donors (Lipinski definition) is 3. The lowest BCUT2D eigenvalue weighted by molar-refractivity contribution is 0.0920. The van der Waals surface area contributed by atoms with Crippen molar-refractivity contribution in [1.82, 2.24) is 5.32 Å². The maximum absolute atomic E-state index is 12.0. The van der Waals surface area contributed by atoms with Gasteiger partial charge in [0.05, 0.1) is 17.7 Å². The zero-order valence-electron chi connectivity index (χ0n) is 12.1. The Balaban J connectivity index is 1.94. The van der Waals surface area contributed by atoms with E-state index in [1.165, 1.54) is 0 Å². The quantitative estimate of drug-likeness (QED) is 0.795. The van der Waals surface area contributed by atoms with Crippen molar-refractivity contribution in [3.63, 3.8) is 0 Å². The zero-order valence-corrected chi connectivity index (χ0v) is 12.1. The number of rotatable bonds is 3. The predicted octanol–water partition coefficient (Wildman–Crippen LogP) is 2.43. The van der Waals surface area contributed by atoms with Crippen molar-refractivity contribution >= 4 is 11.7 Å². The van der Waals surface area contributed by atoms with Crippen molar-refractivity contribution in [3.8, 4) is 0 Å². The summed E-state index contributed by atoms with van der Waals surface area (Å²) >= 11 is 0. The fourth-order valence-electron chi connectivity index (χ4n) is 2.27. The second kappa shape index (κ2) is 5.81. The number of carbonyl (C=O) groups excluding carboxylic acids is 1. The molecule has 0 spiro atoms. The third kappa shape index (κ3) is 3.29. The minimum atomic E-state index is -0.506. The molecular formula is C15H22N2O3. The maximum atomic E-state index is 12.0. The molecular weight excluding hydrogens is 256 g/mol. The van der Waals surface area contributed by atoms with E-state index in [0.717, 1.165) is 12.0 Å². The Bertz CT molecular complexity index is 473. The number of aliphatic hydroxyl groups is 1. The zero-order chi connectivity index (χ0) is 14.8. The van der Waals surface area contributed by atoms with Crippen molar-refractivity contribution in [2.24, 2.45) is 0 Å². The highest BCUT2D eigenvalue weighted by Crippen LogP contribution is 2.25. The highest BCUT2D eigenvalue weighted by Gasteiger charge is 2.38. The third-order valence-corrected chi connectivity index (χ3v) is 3.94. The molecule has 1 aromatic carbocycles. The number of nitrogens with one attached hydrogen (secondary N) is 2. The molecule has 1 fully saturated rings. The number of aliphatic hydroxyl groups excluding tert-OH is 1. The standard InChI is InChI=1S/C15H22N2O3/c1-10(18)12-4-6-13(7-5-12)16-14(19)17-15(3)8-9-20-11(15)2/h4-7,10-11,18H,8-9H2,1-3H3,(H2,16,17,19). The van der Waals surface area contributed by atoms with Crippen LogP contribution in [-0.2, 0) is 4.74 Å². The van der Waals surface area contributed by atoms with Crippen LogP contribution in [0.4, 0.5) is 10.5 Å². The van der Waals surface area contributed by atoms with Crippen LogP contribution in [0.2, 0.25) is 0 Å². The average Bonchev–Trinajstić information content (AvgIpc) is 2.69. The van der Waals surface area contributed by atoms with Crippen LogP contribution in [0.3, 0.4) is 0 Å². The lowest BCUT2D eigenvalue weighted by Gasteiger charge is -2.28. The second-order valence-corrected chi connectivity index (χ2v) is 5.56. The monoisotopic (exact) mass is 278 g/mol. The summed E-state index contributed by atoms with van der Waals surface area (Å²) in [6.07, 6.45) is 0.307. The van der Waals surface area contributed by atoms with Gasteiger partial charge in [0.25, 0.3) is 0 Å². The van der Waals surface area contributed by atoms with Gasteiger partial charge >= 0.3 is 6.03 Å². The summed E-state index contributed by atoms with van der Waals surface area (Å²) in [6.45, 7) is 6.32. The molecule has 3 atom stereocenters. The molecule has 20 heavy (non-hydrogen) atoms. The largest absolute Gasteiger partial charge is 0.389 e. The molecule has 2 amide bonds. The van der Waals surface area contributed by atoms with Gasteiger partial charge in [0.15, 0.2) is 0 Å². The normalized spacial score (nSPS) is 27.1. The van der Waals surface area contributed by atoms with Gasteiger partial charge in [-0.3, -0.25) is 0 Å². The summed E-state index contributed by atoms with van der Waals surface area (Å²) in [5, 5.41) is 15.2. The molecule has 0 saturated carbocycles. The second-order valence-electron chi connectivity index (χ2n) is 5.56. The summed E-state index contributed by atoms with van der Waals surface area (Å²) in [5.74, 6) is 0. The number of urea groups is 1. The topological polar surface area (TPSA) is 70.6 Å². The molecule has 3 unspecified atom stereocenters. The smallest absolute Gasteiger partial charge is 0.319 e. The van der Waals surface area contributed by atoms with Crippen molar-refractivity contribution in [3.05, 3.63) is 29.8 Å². The minimum Gasteiger partial charge on any atom is -0.389 e. The van der Waals surface area contributed by atoms with Crippen LogP contribution in [0.15, 0.2) is 24.3 Å². The van der Waals surface area contributed by atoms with Crippen LogP contribution in [0.25, 0.3) is 0 Å². The van der Waals surface area contributed by atoms with Gasteiger partial charge in [-0.2, -0.15) is 0 Å². The summed E-state index contributed by atoms with van der Waals surface area (Å²) in [7, 11) is 0. The number of anilines is 1. The van der Waals surface area contributed by atoms with Gasteiger partial charge in [0.2, 0.25) is 0 Å². The van der Waals surface area contributed by atoms with Gasteiger partial charge in [0, 0.05) is 12.3 Å². The predicted molar refractivity (Wildman–Crippen MR) is 77.7 cm³/mol. The van der Waals surface area contributed by atoms with Gasteiger partial charge in [-0.25, -0.2) is 4.79 Å². The first-order valence-electron chi connectivity index (χ1n) is 6.89. The molecule has 110 valence electrons. The molecule has 0 aliphatic carbocycles. The minimum absolute atomic E-state index is 0.00543. The molecule has 0 bridgehead atoms. The molecule has 1 heterocycles. The summed E-state index contributed by atoms with van der Waals surface area (Å²) in [6, 6.07) is 6.90. The number of hydrogen-bond acceptors (Lipinski definition) is 3. The van der Waals surface area contributed by atoms with E-state index in [1.807, 2.05) is 13.8 Å².